The molecular formula is C25H26N2O6S. The van der Waals surface area contributed by atoms with Crippen LogP contribution >= 0.6 is 11.3 Å². The molecule has 0 bridgehead atoms. The summed E-state index contributed by atoms with van der Waals surface area (Å²) >= 11 is 1.63. The molecule has 9 heteroatoms. The third-order valence-electron chi connectivity index (χ3n) is 6.10. The fourth-order valence-electron chi connectivity index (χ4n) is 4.57. The molecule has 0 spiro atoms. The second kappa shape index (κ2) is 10.3. The monoisotopic (exact) mass is 482 g/mol. The van der Waals surface area contributed by atoms with E-state index in [0.717, 1.165) is 10.6 Å². The van der Waals surface area contributed by atoms with E-state index < -0.39 is 16.8 Å². The number of nitro benzene ring substituents is 1. The molecule has 0 saturated heterocycles. The quantitative estimate of drug-likeness (QED) is 0.254. The van der Waals surface area contributed by atoms with Crippen molar-refractivity contribution in [1.29, 1.82) is 0 Å². The Hall–Kier alpha value is -3.30. The van der Waals surface area contributed by atoms with Gasteiger partial charge in [0.05, 0.1) is 17.1 Å². The molecule has 0 fully saturated rings. The van der Waals surface area contributed by atoms with Gasteiger partial charge in [-0.2, -0.15) is 0 Å². The van der Waals surface area contributed by atoms with Crippen molar-refractivity contribution in [1.82, 2.24) is 5.32 Å². The summed E-state index contributed by atoms with van der Waals surface area (Å²) in [4.78, 5) is 38.4. The highest BCUT2D eigenvalue weighted by Crippen LogP contribution is 2.46. The second-order valence-corrected chi connectivity index (χ2v) is 9.19. The molecule has 178 valence electrons. The van der Waals surface area contributed by atoms with Crippen molar-refractivity contribution < 1.29 is 24.0 Å². The number of hydrogen-bond acceptors (Lipinski definition) is 8. The minimum atomic E-state index is -0.659. The number of ether oxygens (including phenoxy) is 2. The molecule has 8 nitrogen and oxygen atoms in total. The lowest BCUT2D eigenvalue weighted by Gasteiger charge is -2.36. The van der Waals surface area contributed by atoms with E-state index in [1.807, 2.05) is 24.4 Å². The molecule has 1 aliphatic carbocycles. The summed E-state index contributed by atoms with van der Waals surface area (Å²) in [6, 6.07) is 10.0. The molecule has 0 radical (unpaired) electrons. The number of carbonyl (C=O) groups excluding carboxylic acids is 2. The number of esters is 1. The first-order chi connectivity index (χ1) is 16.4. The Kier molecular flexibility index (Phi) is 7.23. The van der Waals surface area contributed by atoms with Gasteiger partial charge in [-0.1, -0.05) is 18.2 Å². The van der Waals surface area contributed by atoms with Crippen LogP contribution in [0.25, 0.3) is 0 Å². The molecule has 2 aromatic rings. The van der Waals surface area contributed by atoms with Crippen LogP contribution in [0.3, 0.4) is 0 Å². The number of rotatable bonds is 8. The molecule has 2 atom stereocenters. The van der Waals surface area contributed by atoms with Crippen molar-refractivity contribution in [2.24, 2.45) is 0 Å². The number of dihydropyridines is 1. The number of allylic oxidation sites excluding steroid dienone is 3. The van der Waals surface area contributed by atoms with Crippen molar-refractivity contribution in [3.8, 4) is 0 Å². The fourth-order valence-corrected chi connectivity index (χ4v) is 5.40. The summed E-state index contributed by atoms with van der Waals surface area (Å²) < 4.78 is 10.7. The van der Waals surface area contributed by atoms with E-state index in [9.17, 15) is 19.7 Å². The first kappa shape index (κ1) is 23.8. The van der Waals surface area contributed by atoms with Gasteiger partial charge >= 0.3 is 5.97 Å². The van der Waals surface area contributed by atoms with E-state index >= 15 is 0 Å². The molecule has 0 amide bonds. The number of Topliss-reactive ketones (excluding diaryl/α,β-unsaturated/α-hetero) is 1. The second-order valence-electron chi connectivity index (χ2n) is 8.21. The summed E-state index contributed by atoms with van der Waals surface area (Å²) in [6.45, 7) is 4.54. The van der Waals surface area contributed by atoms with Gasteiger partial charge in [-0.15, -0.1) is 11.3 Å². The molecule has 1 aliphatic heterocycles. The van der Waals surface area contributed by atoms with Gasteiger partial charge in [-0.05, 0) is 37.3 Å². The van der Waals surface area contributed by atoms with Crippen LogP contribution in [0, 0.1) is 10.1 Å². The summed E-state index contributed by atoms with van der Waals surface area (Å²) in [5.74, 6) is -1.16. The molecule has 4 rings (SSSR count). The Morgan fingerprint density at radius 2 is 1.97 bits per heavy atom. The lowest BCUT2D eigenvalue weighted by Crippen LogP contribution is -2.36. The molecule has 1 aromatic carbocycles. The SMILES string of the molecule is CCOCCOC(=O)C1=C(C)NC2=C(C(=O)C[C@@H](c3cccs3)C2)[C@@H]1c1ccc([N+](=O)[O-])cc1. The minimum Gasteiger partial charge on any atom is -0.460 e. The van der Waals surface area contributed by atoms with Crippen molar-refractivity contribution in [3.63, 3.8) is 0 Å². The summed E-state index contributed by atoms with van der Waals surface area (Å²) in [6.07, 6.45) is 0.991. The maximum Gasteiger partial charge on any atom is 0.336 e. The number of non-ortho nitro benzene ring substituents is 1. The molecule has 0 saturated carbocycles. The number of nitro groups is 1. The number of hydrogen-bond donors (Lipinski definition) is 1. The predicted octanol–water partition coefficient (Wildman–Crippen LogP) is 4.60. The number of ketones is 1. The van der Waals surface area contributed by atoms with Crippen molar-refractivity contribution in [2.75, 3.05) is 19.8 Å². The van der Waals surface area contributed by atoms with E-state index in [1.165, 1.54) is 12.1 Å². The van der Waals surface area contributed by atoms with E-state index in [0.29, 0.717) is 41.9 Å². The molecule has 34 heavy (non-hydrogen) atoms. The number of carbonyl (C=O) groups is 2. The Morgan fingerprint density at radius 1 is 1.21 bits per heavy atom. The predicted molar refractivity (Wildman–Crippen MR) is 127 cm³/mol. The Morgan fingerprint density at radius 3 is 2.62 bits per heavy atom. The summed E-state index contributed by atoms with van der Waals surface area (Å²) in [7, 11) is 0. The largest absolute Gasteiger partial charge is 0.460 e. The number of thiophene rings is 1. The molecule has 2 heterocycles. The fraction of sp³-hybridized carbons (Fsp3) is 0.360. The summed E-state index contributed by atoms with van der Waals surface area (Å²) in [5.41, 5.74) is 2.86. The summed E-state index contributed by atoms with van der Waals surface area (Å²) in [5, 5.41) is 16.5. The topological polar surface area (TPSA) is 108 Å². The highest BCUT2D eigenvalue weighted by atomic mass is 32.1. The van der Waals surface area contributed by atoms with Gasteiger partial charge in [0, 0.05) is 58.8 Å². The Labute approximate surface area is 201 Å². The lowest BCUT2D eigenvalue weighted by atomic mass is 9.72. The van der Waals surface area contributed by atoms with Crippen LogP contribution in [0.5, 0.6) is 0 Å². The highest BCUT2D eigenvalue weighted by Gasteiger charge is 2.41. The zero-order chi connectivity index (χ0) is 24.2. The molecule has 2 aliphatic rings. The van der Waals surface area contributed by atoms with Crippen LogP contribution in [0.2, 0.25) is 0 Å². The van der Waals surface area contributed by atoms with Gasteiger partial charge in [-0.3, -0.25) is 14.9 Å². The zero-order valence-corrected chi connectivity index (χ0v) is 19.9. The van der Waals surface area contributed by atoms with Gasteiger partial charge in [0.1, 0.15) is 6.61 Å². The molecule has 0 unspecified atom stereocenters. The molecule has 1 N–H and O–H groups in total. The average molecular weight is 483 g/mol. The average Bonchev–Trinajstić information content (AvgIpc) is 3.36. The van der Waals surface area contributed by atoms with E-state index in [4.69, 9.17) is 9.47 Å². The standard InChI is InChI=1S/C25H26N2O6S/c1-3-32-10-11-33-25(29)22-15(2)26-19-13-17(21-5-4-12-34-21)14-20(28)24(19)23(22)16-6-8-18(9-7-16)27(30)31/h4-9,12,17,23,26H,3,10-11,13-14H2,1-2H3/t17-,23+/m0/s1. The number of nitrogens with one attached hydrogen (secondary N) is 1. The van der Waals surface area contributed by atoms with Crippen LogP contribution in [-0.2, 0) is 19.1 Å². The third-order valence-corrected chi connectivity index (χ3v) is 7.13. The maximum absolute atomic E-state index is 13.5. The highest BCUT2D eigenvalue weighted by molar-refractivity contribution is 7.10. The van der Waals surface area contributed by atoms with Crippen LogP contribution < -0.4 is 5.32 Å². The Balaban J connectivity index is 1.72. The van der Waals surface area contributed by atoms with E-state index in [2.05, 4.69) is 5.32 Å². The normalized spacial score (nSPS) is 20.1. The third kappa shape index (κ3) is 4.80. The van der Waals surface area contributed by atoms with Crippen molar-refractivity contribution in [3.05, 3.63) is 84.9 Å². The first-order valence-electron chi connectivity index (χ1n) is 11.2. The van der Waals surface area contributed by atoms with Crippen molar-refractivity contribution >= 4 is 28.8 Å². The number of nitrogens with zero attached hydrogens (tertiary/aromatic N) is 1. The molecule has 1 aromatic heterocycles. The van der Waals surface area contributed by atoms with E-state index in [1.54, 1.807) is 30.4 Å². The van der Waals surface area contributed by atoms with Gasteiger partial charge in [0.15, 0.2) is 5.78 Å². The van der Waals surface area contributed by atoms with Gasteiger partial charge in [-0.25, -0.2) is 4.79 Å². The van der Waals surface area contributed by atoms with Crippen LogP contribution in [-0.4, -0.2) is 36.5 Å². The maximum atomic E-state index is 13.5. The minimum absolute atomic E-state index is 0.0392. The van der Waals surface area contributed by atoms with Gasteiger partial charge < -0.3 is 14.8 Å². The van der Waals surface area contributed by atoms with Crippen LogP contribution in [0.1, 0.15) is 49.0 Å². The van der Waals surface area contributed by atoms with Crippen molar-refractivity contribution in [2.45, 2.75) is 38.5 Å². The zero-order valence-electron chi connectivity index (χ0n) is 19.0. The lowest BCUT2D eigenvalue weighted by molar-refractivity contribution is -0.384. The van der Waals surface area contributed by atoms with Crippen LogP contribution in [0.4, 0.5) is 5.69 Å². The number of benzene rings is 1. The van der Waals surface area contributed by atoms with Crippen LogP contribution in [0.15, 0.2) is 64.3 Å². The van der Waals surface area contributed by atoms with E-state index in [-0.39, 0.29) is 30.6 Å². The smallest absolute Gasteiger partial charge is 0.336 e. The first-order valence-corrected chi connectivity index (χ1v) is 12.0. The van der Waals surface area contributed by atoms with Gasteiger partial charge in [0.2, 0.25) is 0 Å². The Bertz CT molecular complexity index is 1150. The van der Waals surface area contributed by atoms with Gasteiger partial charge in [0.25, 0.3) is 5.69 Å². The molecular weight excluding hydrogens is 456 g/mol.